The van der Waals surface area contributed by atoms with Crippen LogP contribution in [0.25, 0.3) is 0 Å². The molecule has 0 aliphatic heterocycles. The second kappa shape index (κ2) is 11.3. The van der Waals surface area contributed by atoms with Gasteiger partial charge in [0.2, 0.25) is 0 Å². The fraction of sp³-hybridized carbons (Fsp3) is 1.00. The predicted molar refractivity (Wildman–Crippen MR) is 68.1 cm³/mol. The van der Waals surface area contributed by atoms with Gasteiger partial charge >= 0.3 is 19.9 Å². The van der Waals surface area contributed by atoms with Gasteiger partial charge in [0, 0.05) is 19.0 Å². The van der Waals surface area contributed by atoms with Gasteiger partial charge in [-0.05, 0) is 17.4 Å². The van der Waals surface area contributed by atoms with E-state index in [1.807, 2.05) is 0 Å². The first-order valence-corrected chi connectivity index (χ1v) is 8.41. The summed E-state index contributed by atoms with van der Waals surface area (Å²) < 4.78 is 80.2. The van der Waals surface area contributed by atoms with Crippen LogP contribution < -0.4 is 0 Å². The Morgan fingerprint density at radius 2 is 1.27 bits per heavy atom. The van der Waals surface area contributed by atoms with Gasteiger partial charge in [-0.1, -0.05) is 26.2 Å². The molecular weight excluding hydrogens is 341 g/mol. The highest BCUT2D eigenvalue weighted by atomic mass is 31.2. The lowest BCUT2D eigenvalue weighted by atomic mass is 10.1. The molecule has 22 heavy (non-hydrogen) atoms. The lowest BCUT2D eigenvalue weighted by Crippen LogP contribution is -2.15. The number of halogens is 6. The van der Waals surface area contributed by atoms with E-state index in [1.165, 1.54) is 6.92 Å². The molecule has 0 aliphatic carbocycles. The Balaban J connectivity index is 0. The van der Waals surface area contributed by atoms with Crippen LogP contribution in [0.2, 0.25) is 0 Å². The van der Waals surface area contributed by atoms with Crippen LogP contribution in [0.3, 0.4) is 0 Å². The van der Waals surface area contributed by atoms with E-state index in [0.29, 0.717) is 19.3 Å². The van der Waals surface area contributed by atoms with Crippen molar-refractivity contribution in [2.24, 2.45) is 0 Å². The van der Waals surface area contributed by atoms with Crippen molar-refractivity contribution in [2.45, 2.75) is 64.2 Å². The lowest BCUT2D eigenvalue weighted by Gasteiger charge is -2.09. The number of hydrogen-bond donors (Lipinski definition) is 2. The van der Waals surface area contributed by atoms with Gasteiger partial charge in [-0.15, -0.1) is 4.94 Å². The van der Waals surface area contributed by atoms with Crippen molar-refractivity contribution in [3.8, 4) is 0 Å². The number of rotatable bonds is 9. The molecule has 4 nitrogen and oxygen atoms in total. The molecule has 0 aromatic heterocycles. The Morgan fingerprint density at radius 1 is 0.909 bits per heavy atom. The molecule has 11 heteroatoms. The third kappa shape index (κ3) is 22.0. The summed E-state index contributed by atoms with van der Waals surface area (Å²) in [5.41, 5.74) is 0. The van der Waals surface area contributed by atoms with Gasteiger partial charge in [-0.3, -0.25) is 4.57 Å². The van der Waals surface area contributed by atoms with Crippen LogP contribution >= 0.6 is 7.60 Å². The van der Waals surface area contributed by atoms with E-state index in [2.05, 4.69) is 4.94 Å². The number of hydrogen-bond acceptors (Lipinski definition) is 2. The predicted octanol–water partition coefficient (Wildman–Crippen LogP) is 4.96. The van der Waals surface area contributed by atoms with Crippen LogP contribution in [0.4, 0.5) is 26.5 Å². The Hall–Kier alpha value is -0.310. The molecule has 0 aromatic carbocycles. The lowest BCUT2D eigenvalue weighted by molar-refractivity contribution is -0.356. The second-order valence-corrected chi connectivity index (χ2v) is 6.54. The molecule has 0 heterocycles. The van der Waals surface area contributed by atoms with Gasteiger partial charge in [-0.25, -0.2) is 0 Å². The van der Waals surface area contributed by atoms with Gasteiger partial charge in [0.05, 0.1) is 0 Å². The standard InChI is InChI=1S/C9H14F6O.C2H7O3P/c10-8(11,12)6-4-2-1-3-5-7-9(13,14)16-15;1-2-6(3,4)5/h1-7H2;2H2,1H3,(H2,3,4,5). The van der Waals surface area contributed by atoms with Crippen LogP contribution in [-0.2, 0) is 9.51 Å². The molecule has 0 unspecified atom stereocenters. The van der Waals surface area contributed by atoms with Gasteiger partial charge in [-0.2, -0.15) is 22.0 Å². The van der Waals surface area contributed by atoms with Crippen molar-refractivity contribution in [1.29, 1.82) is 0 Å². The normalized spacial score (nSPS) is 12.8. The van der Waals surface area contributed by atoms with E-state index in [1.54, 1.807) is 0 Å². The van der Waals surface area contributed by atoms with E-state index >= 15 is 0 Å². The summed E-state index contributed by atoms with van der Waals surface area (Å²) in [6.07, 6.45) is -8.45. The van der Waals surface area contributed by atoms with Gasteiger partial charge < -0.3 is 9.79 Å². The molecule has 0 radical (unpaired) electrons. The van der Waals surface area contributed by atoms with Crippen molar-refractivity contribution in [1.82, 2.24) is 0 Å². The maximum absolute atomic E-state index is 12.1. The summed E-state index contributed by atoms with van der Waals surface area (Å²) in [4.78, 5) is 18.3. The van der Waals surface area contributed by atoms with Crippen LogP contribution in [-0.4, -0.2) is 28.2 Å². The largest absolute Gasteiger partial charge is 0.389 e. The minimum absolute atomic E-state index is 0.000492. The van der Waals surface area contributed by atoms with E-state index in [4.69, 9.17) is 9.79 Å². The quantitative estimate of drug-likeness (QED) is 0.346. The van der Waals surface area contributed by atoms with Crippen LogP contribution in [0, 0.1) is 0 Å². The molecule has 2 N–H and O–H groups in total. The number of alkyl halides is 5. The van der Waals surface area contributed by atoms with Crippen LogP contribution in [0.1, 0.15) is 51.9 Å². The topological polar surface area (TPSA) is 66.8 Å². The summed E-state index contributed by atoms with van der Waals surface area (Å²) in [7, 11) is -3.65. The van der Waals surface area contributed by atoms with Crippen molar-refractivity contribution < 1.29 is 45.8 Å². The van der Waals surface area contributed by atoms with E-state index < -0.39 is 32.7 Å². The summed E-state index contributed by atoms with van der Waals surface area (Å²) in [6, 6.07) is 0. The zero-order valence-electron chi connectivity index (χ0n) is 12.1. The molecule has 0 rings (SSSR count). The van der Waals surface area contributed by atoms with E-state index in [-0.39, 0.29) is 19.0 Å². The average molecular weight is 362 g/mol. The third-order valence-corrected chi connectivity index (χ3v) is 3.28. The monoisotopic (exact) mass is 362 g/mol. The fourth-order valence-corrected chi connectivity index (χ4v) is 1.23. The van der Waals surface area contributed by atoms with E-state index in [9.17, 15) is 31.0 Å². The SMILES string of the molecule is CCP(=O)(O)O.FOC(F)(F)CCCCCCCC(F)(F)F. The highest BCUT2D eigenvalue weighted by Crippen LogP contribution is 2.32. The Labute approximate surface area is 124 Å². The molecule has 0 spiro atoms. The van der Waals surface area contributed by atoms with E-state index in [0.717, 1.165) is 0 Å². The summed E-state index contributed by atoms with van der Waals surface area (Å²) in [5, 5.41) is 0. The van der Waals surface area contributed by atoms with Crippen LogP contribution in [0.15, 0.2) is 0 Å². The molecule has 136 valence electrons. The third-order valence-electron chi connectivity index (χ3n) is 2.45. The smallest absolute Gasteiger partial charge is 0.324 e. The first kappa shape index (κ1) is 23.9. The first-order valence-electron chi connectivity index (χ1n) is 6.62. The molecule has 0 saturated heterocycles. The Bertz CT molecular complexity index is 318. The highest BCUT2D eigenvalue weighted by molar-refractivity contribution is 7.51. The molecule has 0 atom stereocenters. The zero-order valence-corrected chi connectivity index (χ0v) is 13.0. The minimum Gasteiger partial charge on any atom is -0.324 e. The highest BCUT2D eigenvalue weighted by Gasteiger charge is 2.30. The summed E-state index contributed by atoms with van der Waals surface area (Å²) in [5.74, 6) is 0. The van der Waals surface area contributed by atoms with Crippen LogP contribution in [0.5, 0.6) is 0 Å². The molecule has 0 bridgehead atoms. The van der Waals surface area contributed by atoms with Crippen molar-refractivity contribution >= 4 is 7.60 Å². The molecule has 0 saturated carbocycles. The molecule has 0 aliphatic rings. The van der Waals surface area contributed by atoms with Gasteiger partial charge in [0.25, 0.3) is 0 Å². The molecule has 0 amide bonds. The Kier molecular flexibility index (Phi) is 12.3. The van der Waals surface area contributed by atoms with Crippen molar-refractivity contribution in [2.75, 3.05) is 6.16 Å². The van der Waals surface area contributed by atoms with Gasteiger partial charge in [0.15, 0.2) is 0 Å². The molecule has 0 fully saturated rings. The average Bonchev–Trinajstić information content (AvgIpc) is 2.36. The summed E-state index contributed by atoms with van der Waals surface area (Å²) in [6.45, 7) is 1.45. The van der Waals surface area contributed by atoms with Gasteiger partial charge in [0.1, 0.15) is 0 Å². The maximum Gasteiger partial charge on any atom is 0.389 e. The first-order chi connectivity index (χ1) is 9.83. The van der Waals surface area contributed by atoms with Crippen molar-refractivity contribution in [3.05, 3.63) is 0 Å². The second-order valence-electron chi connectivity index (χ2n) is 4.58. The number of unbranched alkanes of at least 4 members (excludes halogenated alkanes) is 4. The summed E-state index contributed by atoms with van der Waals surface area (Å²) >= 11 is 0. The Morgan fingerprint density at radius 3 is 1.59 bits per heavy atom. The molecule has 0 aromatic rings. The minimum atomic E-state index is -4.16. The van der Waals surface area contributed by atoms with Crippen molar-refractivity contribution in [3.63, 3.8) is 0 Å². The fourth-order valence-electron chi connectivity index (χ4n) is 1.23. The maximum atomic E-state index is 12.1. The zero-order chi connectivity index (χ0) is 17.9. The molecular formula is C11H21F6O4P.